The highest BCUT2D eigenvalue weighted by Gasteiger charge is 1.92. The minimum absolute atomic E-state index is 0. The summed E-state index contributed by atoms with van der Waals surface area (Å²) in [4.78, 5) is 3.85. The lowest BCUT2D eigenvalue weighted by molar-refractivity contribution is 1.18. The molecule has 0 aromatic carbocycles. The van der Waals surface area contributed by atoms with Crippen molar-refractivity contribution in [3.8, 4) is 0 Å². The highest BCUT2D eigenvalue weighted by atomic mass is 35.5. The molecule has 56 valence electrons. The van der Waals surface area contributed by atoms with Crippen LogP contribution in [0.5, 0.6) is 0 Å². The molecular formula is C5H7ClN2S2. The molecule has 0 saturated heterocycles. The van der Waals surface area contributed by atoms with Gasteiger partial charge in [-0.25, -0.2) is 4.98 Å². The van der Waals surface area contributed by atoms with Crippen LogP contribution in [-0.2, 0) is 0 Å². The van der Waals surface area contributed by atoms with Crippen molar-refractivity contribution in [2.45, 2.75) is 0 Å². The first-order valence-electron chi connectivity index (χ1n) is 2.41. The molecule has 0 bridgehead atoms. The van der Waals surface area contributed by atoms with E-state index in [0.29, 0.717) is 0 Å². The molecule has 0 fully saturated rings. The summed E-state index contributed by atoms with van der Waals surface area (Å²) in [6.45, 7) is 0. The van der Waals surface area contributed by atoms with Gasteiger partial charge in [0, 0.05) is 12.4 Å². The molecule has 5 heteroatoms. The summed E-state index contributed by atoms with van der Waals surface area (Å²) in [5.41, 5.74) is 0. The quantitative estimate of drug-likeness (QED) is 0.587. The van der Waals surface area contributed by atoms with Crippen molar-refractivity contribution in [3.63, 3.8) is 0 Å². The average Bonchev–Trinajstić information content (AvgIpc) is 2.37. The van der Waals surface area contributed by atoms with Crippen LogP contribution in [-0.4, -0.2) is 20.1 Å². The van der Waals surface area contributed by atoms with Crippen LogP contribution < -0.4 is 0 Å². The molecular weight excluding hydrogens is 188 g/mol. The standard InChI is InChI=1S/C5H6N2S2.ClH/c1-9-5(8)7-3-2-6-4-7;/h2-4H,1H3;1H. The summed E-state index contributed by atoms with van der Waals surface area (Å²) in [6, 6.07) is 0. The van der Waals surface area contributed by atoms with Crippen molar-refractivity contribution >= 4 is 40.7 Å². The average molecular weight is 195 g/mol. The zero-order valence-electron chi connectivity index (χ0n) is 5.35. The lowest BCUT2D eigenvalue weighted by atomic mass is 10.9. The smallest absolute Gasteiger partial charge is 0.145 e. The fourth-order valence-corrected chi connectivity index (χ4v) is 0.899. The first-order chi connectivity index (χ1) is 4.34. The Kier molecular flexibility index (Phi) is 4.68. The van der Waals surface area contributed by atoms with E-state index in [4.69, 9.17) is 12.2 Å². The van der Waals surface area contributed by atoms with E-state index in [-0.39, 0.29) is 12.4 Å². The van der Waals surface area contributed by atoms with Gasteiger partial charge in [0.1, 0.15) is 10.6 Å². The Bertz CT molecular complexity index is 197. The second-order valence-corrected chi connectivity index (χ2v) is 2.88. The van der Waals surface area contributed by atoms with Gasteiger partial charge in [-0.05, 0) is 6.26 Å². The summed E-state index contributed by atoms with van der Waals surface area (Å²) < 4.78 is 2.63. The van der Waals surface area contributed by atoms with Crippen molar-refractivity contribution < 1.29 is 0 Å². The number of halogens is 1. The SMILES string of the molecule is CSC(=S)n1ccnc1.Cl. The largest absolute Gasteiger partial charge is 0.291 e. The Morgan fingerprint density at radius 1 is 1.70 bits per heavy atom. The molecule has 0 spiro atoms. The Hall–Kier alpha value is -0.0600. The zero-order valence-corrected chi connectivity index (χ0v) is 7.80. The van der Waals surface area contributed by atoms with Crippen LogP contribution >= 0.6 is 36.4 Å². The van der Waals surface area contributed by atoms with Crippen LogP contribution in [0.1, 0.15) is 0 Å². The van der Waals surface area contributed by atoms with E-state index < -0.39 is 0 Å². The maximum Gasteiger partial charge on any atom is 0.145 e. The minimum atomic E-state index is 0. The number of nitrogens with zero attached hydrogens (tertiary/aromatic N) is 2. The number of rotatable bonds is 0. The molecule has 0 radical (unpaired) electrons. The molecule has 0 aliphatic carbocycles. The van der Waals surface area contributed by atoms with Crippen LogP contribution in [0.2, 0.25) is 0 Å². The number of hydrogen-bond donors (Lipinski definition) is 0. The predicted molar refractivity (Wildman–Crippen MR) is 51.0 cm³/mol. The Morgan fingerprint density at radius 2 is 2.40 bits per heavy atom. The van der Waals surface area contributed by atoms with Gasteiger partial charge in [0.05, 0.1) is 0 Å². The van der Waals surface area contributed by atoms with Gasteiger partial charge in [-0.1, -0.05) is 24.0 Å². The molecule has 0 N–H and O–H groups in total. The summed E-state index contributed by atoms with van der Waals surface area (Å²) in [6.07, 6.45) is 7.18. The van der Waals surface area contributed by atoms with Gasteiger partial charge in [-0.2, -0.15) is 0 Å². The first-order valence-corrected chi connectivity index (χ1v) is 4.04. The molecule has 0 saturated carbocycles. The van der Waals surface area contributed by atoms with Crippen LogP contribution in [0.4, 0.5) is 0 Å². The van der Waals surface area contributed by atoms with E-state index >= 15 is 0 Å². The van der Waals surface area contributed by atoms with E-state index in [0.717, 1.165) is 4.32 Å². The number of imidazole rings is 1. The third-order valence-corrected chi connectivity index (χ3v) is 2.16. The normalized spacial score (nSPS) is 8.50. The molecule has 1 aromatic heterocycles. The van der Waals surface area contributed by atoms with Crippen molar-refractivity contribution in [1.82, 2.24) is 9.55 Å². The lowest BCUT2D eigenvalue weighted by Crippen LogP contribution is -1.99. The predicted octanol–water partition coefficient (Wildman–Crippen LogP) is 1.80. The number of thiocarbonyl (C=S) groups is 1. The summed E-state index contributed by atoms with van der Waals surface area (Å²) >= 11 is 6.50. The maximum absolute atomic E-state index is 4.96. The van der Waals surface area contributed by atoms with Gasteiger partial charge < -0.3 is 0 Å². The molecule has 1 rings (SSSR count). The van der Waals surface area contributed by atoms with Gasteiger partial charge >= 0.3 is 0 Å². The van der Waals surface area contributed by atoms with Crippen molar-refractivity contribution in [1.29, 1.82) is 0 Å². The molecule has 0 unspecified atom stereocenters. The third-order valence-electron chi connectivity index (χ3n) is 0.890. The second kappa shape index (κ2) is 4.71. The van der Waals surface area contributed by atoms with E-state index in [1.54, 1.807) is 17.1 Å². The van der Waals surface area contributed by atoms with Crippen molar-refractivity contribution in [2.24, 2.45) is 0 Å². The van der Waals surface area contributed by atoms with Crippen molar-refractivity contribution in [2.75, 3.05) is 6.26 Å². The van der Waals surface area contributed by atoms with Crippen LogP contribution in [0.3, 0.4) is 0 Å². The monoisotopic (exact) mass is 194 g/mol. The third kappa shape index (κ3) is 2.28. The van der Waals surface area contributed by atoms with E-state index in [2.05, 4.69) is 4.98 Å². The minimum Gasteiger partial charge on any atom is -0.291 e. The Balaban J connectivity index is 0.000000810. The zero-order chi connectivity index (χ0) is 6.69. The van der Waals surface area contributed by atoms with Crippen LogP contribution in [0.15, 0.2) is 18.7 Å². The second-order valence-electron chi connectivity index (χ2n) is 1.44. The Labute approximate surface area is 75.4 Å². The van der Waals surface area contributed by atoms with E-state index in [9.17, 15) is 0 Å². The maximum atomic E-state index is 4.96. The number of hydrogen-bond acceptors (Lipinski definition) is 3. The van der Waals surface area contributed by atoms with Crippen molar-refractivity contribution in [3.05, 3.63) is 18.7 Å². The molecule has 1 aromatic rings. The van der Waals surface area contributed by atoms with Gasteiger partial charge in [0.2, 0.25) is 0 Å². The molecule has 0 atom stereocenters. The molecule has 2 nitrogen and oxygen atoms in total. The molecule has 1 heterocycles. The van der Waals surface area contributed by atoms with Gasteiger partial charge in [-0.3, -0.25) is 4.57 Å². The Morgan fingerprint density at radius 3 is 2.80 bits per heavy atom. The lowest BCUT2D eigenvalue weighted by Gasteiger charge is -1.96. The van der Waals surface area contributed by atoms with Crippen LogP contribution in [0.25, 0.3) is 0 Å². The molecule has 0 amide bonds. The van der Waals surface area contributed by atoms with Gasteiger partial charge in [0.25, 0.3) is 0 Å². The summed E-state index contributed by atoms with van der Waals surface area (Å²) in [5.74, 6) is 0. The van der Waals surface area contributed by atoms with Gasteiger partial charge in [-0.15, -0.1) is 12.4 Å². The fraction of sp³-hybridized carbons (Fsp3) is 0.200. The van der Waals surface area contributed by atoms with E-state index in [1.165, 1.54) is 11.8 Å². The topological polar surface area (TPSA) is 17.8 Å². The summed E-state index contributed by atoms with van der Waals surface area (Å²) in [5, 5.41) is 0. The molecule has 0 aliphatic rings. The highest BCUT2D eigenvalue weighted by Crippen LogP contribution is 2.00. The number of aromatic nitrogens is 2. The van der Waals surface area contributed by atoms with E-state index in [1.807, 2.05) is 12.5 Å². The molecule has 10 heavy (non-hydrogen) atoms. The fourth-order valence-electron chi connectivity index (χ4n) is 0.473. The first kappa shape index (κ1) is 9.94. The molecule has 0 aliphatic heterocycles. The van der Waals surface area contributed by atoms with Crippen LogP contribution in [0, 0.1) is 0 Å². The number of thioether (sulfide) groups is 1. The summed E-state index contributed by atoms with van der Waals surface area (Å²) in [7, 11) is 0. The van der Waals surface area contributed by atoms with Gasteiger partial charge in [0.15, 0.2) is 0 Å². The highest BCUT2D eigenvalue weighted by molar-refractivity contribution is 8.22.